The van der Waals surface area contributed by atoms with Crippen molar-refractivity contribution >= 4 is 37.5 Å². The molecule has 1 amide bonds. The predicted octanol–water partition coefficient (Wildman–Crippen LogP) is 4.02. The molecule has 0 saturated heterocycles. The lowest BCUT2D eigenvalue weighted by molar-refractivity contribution is -0.119. The van der Waals surface area contributed by atoms with Crippen molar-refractivity contribution in [1.29, 1.82) is 0 Å². The van der Waals surface area contributed by atoms with Gasteiger partial charge in [0.1, 0.15) is 6.54 Å². The van der Waals surface area contributed by atoms with Crippen molar-refractivity contribution in [1.82, 2.24) is 5.32 Å². The van der Waals surface area contributed by atoms with E-state index in [1.165, 1.54) is 12.1 Å². The first-order chi connectivity index (χ1) is 15.8. The van der Waals surface area contributed by atoms with Crippen molar-refractivity contribution in [2.24, 2.45) is 0 Å². The molecule has 3 rings (SSSR count). The second-order valence-electron chi connectivity index (χ2n) is 7.09. The second-order valence-corrected chi connectivity index (χ2v) is 9.87. The minimum absolute atomic E-state index is 0.117. The molecule has 0 spiro atoms. The van der Waals surface area contributed by atoms with Crippen LogP contribution in [0.4, 0.5) is 5.69 Å². The van der Waals surface area contributed by atoms with E-state index in [1.807, 2.05) is 12.1 Å². The Bertz CT molecular complexity index is 1190. The van der Waals surface area contributed by atoms with E-state index in [0.717, 1.165) is 14.3 Å². The Morgan fingerprint density at radius 1 is 0.939 bits per heavy atom. The van der Waals surface area contributed by atoms with Crippen LogP contribution < -0.4 is 19.1 Å². The molecule has 0 aliphatic carbocycles. The van der Waals surface area contributed by atoms with Gasteiger partial charge in [-0.2, -0.15) is 0 Å². The lowest BCUT2D eigenvalue weighted by atomic mass is 10.1. The summed E-state index contributed by atoms with van der Waals surface area (Å²) in [6.07, 6.45) is 0.551. The second kappa shape index (κ2) is 11.2. The Kier molecular flexibility index (Phi) is 8.35. The van der Waals surface area contributed by atoms with Crippen LogP contribution >= 0.6 is 15.9 Å². The fourth-order valence-corrected chi connectivity index (χ4v) is 4.92. The van der Waals surface area contributed by atoms with Crippen molar-refractivity contribution in [3.8, 4) is 11.5 Å². The molecule has 7 nitrogen and oxygen atoms in total. The fourth-order valence-electron chi connectivity index (χ4n) is 3.21. The largest absolute Gasteiger partial charge is 0.493 e. The summed E-state index contributed by atoms with van der Waals surface area (Å²) >= 11 is 3.35. The number of nitrogens with one attached hydrogen (secondary N) is 1. The summed E-state index contributed by atoms with van der Waals surface area (Å²) in [6, 6.07) is 20.4. The highest BCUT2D eigenvalue weighted by atomic mass is 79.9. The zero-order chi connectivity index (χ0) is 23.8. The van der Waals surface area contributed by atoms with Crippen LogP contribution in [0.1, 0.15) is 5.56 Å². The average Bonchev–Trinajstić information content (AvgIpc) is 2.83. The first-order valence-corrected chi connectivity index (χ1v) is 12.4. The van der Waals surface area contributed by atoms with Crippen LogP contribution in [0.5, 0.6) is 11.5 Å². The number of hydrogen-bond acceptors (Lipinski definition) is 5. The molecule has 0 heterocycles. The molecule has 0 aliphatic rings. The van der Waals surface area contributed by atoms with Crippen molar-refractivity contribution in [3.63, 3.8) is 0 Å². The van der Waals surface area contributed by atoms with Gasteiger partial charge in [-0.05, 0) is 60.5 Å². The van der Waals surface area contributed by atoms with Gasteiger partial charge in [0.2, 0.25) is 5.91 Å². The zero-order valence-electron chi connectivity index (χ0n) is 18.3. The highest BCUT2D eigenvalue weighted by molar-refractivity contribution is 9.10. The smallest absolute Gasteiger partial charge is 0.264 e. The number of hydrogen-bond donors (Lipinski definition) is 1. The zero-order valence-corrected chi connectivity index (χ0v) is 20.7. The maximum atomic E-state index is 13.3. The first-order valence-electron chi connectivity index (χ1n) is 10.2. The maximum absolute atomic E-state index is 13.3. The molecular formula is C24H25BrN2O5S. The third-order valence-corrected chi connectivity index (χ3v) is 7.23. The molecule has 0 radical (unpaired) electrons. The summed E-state index contributed by atoms with van der Waals surface area (Å²) in [5.74, 6) is 0.830. The summed E-state index contributed by atoms with van der Waals surface area (Å²) in [4.78, 5) is 12.8. The summed E-state index contributed by atoms with van der Waals surface area (Å²) in [7, 11) is -0.799. The van der Waals surface area contributed by atoms with E-state index in [1.54, 1.807) is 62.8 Å². The number of halogens is 1. The van der Waals surface area contributed by atoms with Crippen molar-refractivity contribution in [2.45, 2.75) is 11.3 Å². The molecule has 0 unspecified atom stereocenters. The summed E-state index contributed by atoms with van der Waals surface area (Å²) in [5.41, 5.74) is 1.35. The van der Waals surface area contributed by atoms with Crippen LogP contribution in [-0.4, -0.2) is 41.6 Å². The average molecular weight is 533 g/mol. The van der Waals surface area contributed by atoms with Crippen LogP contribution in [0.25, 0.3) is 0 Å². The molecule has 0 atom stereocenters. The standard InChI is InChI=1S/C24H25BrN2O5S/c1-31-22-13-8-18(16-23(22)32-2)14-15-26-24(28)17-27(20-11-9-19(25)10-12-20)33(29,30)21-6-4-3-5-7-21/h3-13,16H,14-15,17H2,1-2H3,(H,26,28). The number of ether oxygens (including phenoxy) is 2. The lowest BCUT2D eigenvalue weighted by Crippen LogP contribution is -2.41. The van der Waals surface area contributed by atoms with E-state index in [0.29, 0.717) is 30.2 Å². The van der Waals surface area contributed by atoms with Crippen LogP contribution in [0.2, 0.25) is 0 Å². The molecule has 0 aliphatic heterocycles. The van der Waals surface area contributed by atoms with Gasteiger partial charge < -0.3 is 14.8 Å². The predicted molar refractivity (Wildman–Crippen MR) is 131 cm³/mol. The Hall–Kier alpha value is -3.04. The first kappa shape index (κ1) is 24.6. The van der Waals surface area contributed by atoms with E-state index in [2.05, 4.69) is 21.2 Å². The minimum Gasteiger partial charge on any atom is -0.493 e. The van der Waals surface area contributed by atoms with Crippen molar-refractivity contribution in [3.05, 3.63) is 82.8 Å². The number of nitrogens with zero attached hydrogens (tertiary/aromatic N) is 1. The molecule has 3 aromatic carbocycles. The molecule has 0 bridgehead atoms. The van der Waals surface area contributed by atoms with Gasteiger partial charge in [-0.25, -0.2) is 8.42 Å². The maximum Gasteiger partial charge on any atom is 0.264 e. The highest BCUT2D eigenvalue weighted by Crippen LogP contribution is 2.28. The van der Waals surface area contributed by atoms with Crippen LogP contribution in [0.3, 0.4) is 0 Å². The number of carbonyl (C=O) groups excluding carboxylic acids is 1. The van der Waals surface area contributed by atoms with Gasteiger partial charge in [0.25, 0.3) is 10.0 Å². The Morgan fingerprint density at radius 3 is 2.24 bits per heavy atom. The third kappa shape index (κ3) is 6.27. The van der Waals surface area contributed by atoms with E-state index < -0.39 is 15.9 Å². The number of methoxy groups -OCH3 is 2. The third-order valence-electron chi connectivity index (χ3n) is 4.92. The molecule has 0 aromatic heterocycles. The van der Waals surface area contributed by atoms with Gasteiger partial charge in [-0.15, -0.1) is 0 Å². The molecule has 0 saturated carbocycles. The normalized spacial score (nSPS) is 11.0. The molecule has 3 aromatic rings. The molecule has 174 valence electrons. The Balaban J connectivity index is 1.72. The van der Waals surface area contributed by atoms with Crippen LogP contribution in [-0.2, 0) is 21.2 Å². The van der Waals surface area contributed by atoms with Gasteiger partial charge in [-0.3, -0.25) is 9.10 Å². The minimum atomic E-state index is -3.93. The van der Waals surface area contributed by atoms with E-state index in [4.69, 9.17) is 9.47 Å². The lowest BCUT2D eigenvalue weighted by Gasteiger charge is -2.24. The van der Waals surface area contributed by atoms with Gasteiger partial charge in [0, 0.05) is 11.0 Å². The summed E-state index contributed by atoms with van der Waals surface area (Å²) < 4.78 is 39.0. The fraction of sp³-hybridized carbons (Fsp3) is 0.208. The van der Waals surface area contributed by atoms with E-state index in [9.17, 15) is 13.2 Å². The Morgan fingerprint density at radius 2 is 1.61 bits per heavy atom. The topological polar surface area (TPSA) is 84.9 Å². The number of rotatable bonds is 10. The summed E-state index contributed by atoms with van der Waals surface area (Å²) in [6.45, 7) is -0.00132. The van der Waals surface area contributed by atoms with Gasteiger partial charge in [-0.1, -0.05) is 40.2 Å². The van der Waals surface area contributed by atoms with Gasteiger partial charge >= 0.3 is 0 Å². The molecule has 0 fully saturated rings. The van der Waals surface area contributed by atoms with Gasteiger partial charge in [0.05, 0.1) is 24.8 Å². The van der Waals surface area contributed by atoms with Crippen molar-refractivity contribution in [2.75, 3.05) is 31.6 Å². The number of benzene rings is 3. The Labute approximate surface area is 202 Å². The van der Waals surface area contributed by atoms with Crippen LogP contribution in [0, 0.1) is 0 Å². The quantitative estimate of drug-likeness (QED) is 0.426. The summed E-state index contributed by atoms with van der Waals surface area (Å²) in [5, 5.41) is 2.81. The van der Waals surface area contributed by atoms with Crippen LogP contribution in [0.15, 0.2) is 82.2 Å². The molecular weight excluding hydrogens is 508 g/mol. The highest BCUT2D eigenvalue weighted by Gasteiger charge is 2.27. The van der Waals surface area contributed by atoms with Crippen molar-refractivity contribution < 1.29 is 22.7 Å². The SMILES string of the molecule is COc1ccc(CCNC(=O)CN(c2ccc(Br)cc2)S(=O)(=O)c2ccccc2)cc1OC. The number of anilines is 1. The van der Waals surface area contributed by atoms with Gasteiger partial charge in [0.15, 0.2) is 11.5 Å². The van der Waals surface area contributed by atoms with E-state index >= 15 is 0 Å². The van der Waals surface area contributed by atoms with E-state index in [-0.39, 0.29) is 11.4 Å². The monoisotopic (exact) mass is 532 g/mol. The number of carbonyl (C=O) groups is 1. The molecule has 1 N–H and O–H groups in total. The number of amides is 1. The number of sulfonamides is 1. The molecule has 33 heavy (non-hydrogen) atoms. The molecule has 9 heteroatoms.